The van der Waals surface area contributed by atoms with E-state index in [9.17, 15) is 9.90 Å². The molecule has 2 aromatic rings. The molecule has 0 spiro atoms. The molecule has 2 aliphatic heterocycles. The number of thioether (sulfide) groups is 1. The van der Waals surface area contributed by atoms with Crippen LogP contribution in [0.2, 0.25) is 0 Å². The van der Waals surface area contributed by atoms with Gasteiger partial charge in [0, 0.05) is 28.4 Å². The van der Waals surface area contributed by atoms with Crippen molar-refractivity contribution >= 4 is 40.2 Å². The highest BCUT2D eigenvalue weighted by molar-refractivity contribution is 8.18. The monoisotopic (exact) mass is 508 g/mol. The molecule has 1 saturated heterocycles. The van der Waals surface area contributed by atoms with Gasteiger partial charge in [-0.1, -0.05) is 0 Å². The molecule has 0 atom stereocenters. The van der Waals surface area contributed by atoms with Gasteiger partial charge in [-0.3, -0.25) is 4.79 Å². The number of nitrogens with zero attached hydrogens (tertiary/aromatic N) is 2. The van der Waals surface area contributed by atoms with Crippen LogP contribution in [0.3, 0.4) is 0 Å². The standard InChI is InChI=1S/C28H29FN2O2S2/c29-22-11-19(10-21(25(22)32)28-13-16-7-17(14-28)9-18(8-16)15-28)23-4-3-20(34-23)12-24-26(33)30-27(35-24)31-5-1-2-6-31/h3-4,10-12,16-18,32H,1-2,5-9,13-15H2. The minimum atomic E-state index is -0.522. The van der Waals surface area contributed by atoms with Gasteiger partial charge in [0.2, 0.25) is 0 Å². The number of aromatic hydroxyl groups is 1. The minimum Gasteiger partial charge on any atom is -0.505 e. The summed E-state index contributed by atoms with van der Waals surface area (Å²) in [6.07, 6.45) is 11.4. The first kappa shape index (κ1) is 22.1. The van der Waals surface area contributed by atoms with Crippen LogP contribution in [0.25, 0.3) is 16.5 Å². The molecule has 6 aliphatic rings. The second-order valence-corrected chi connectivity index (χ2v) is 13.4. The van der Waals surface area contributed by atoms with Gasteiger partial charge in [-0.05, 0) is 122 Å². The van der Waals surface area contributed by atoms with E-state index < -0.39 is 5.82 Å². The lowest BCUT2D eigenvalue weighted by atomic mass is 9.48. The predicted octanol–water partition coefficient (Wildman–Crippen LogP) is 6.79. The molecule has 5 fully saturated rings. The number of carbonyl (C=O) groups is 1. The van der Waals surface area contributed by atoms with Crippen LogP contribution >= 0.6 is 23.1 Å². The van der Waals surface area contributed by atoms with Gasteiger partial charge in [0.05, 0.1) is 4.91 Å². The first-order valence-electron chi connectivity index (χ1n) is 12.9. The molecule has 4 aliphatic carbocycles. The van der Waals surface area contributed by atoms with Crippen molar-refractivity contribution in [3.63, 3.8) is 0 Å². The Morgan fingerprint density at radius 2 is 1.74 bits per heavy atom. The Hall–Kier alpha value is -2.12. The number of likely N-dealkylation sites (tertiary alicyclic amines) is 1. The highest BCUT2D eigenvalue weighted by Gasteiger charge is 2.52. The summed E-state index contributed by atoms with van der Waals surface area (Å²) in [5.41, 5.74) is 1.57. The molecule has 1 aromatic carbocycles. The fourth-order valence-corrected chi connectivity index (χ4v) is 9.71. The molecular weight excluding hydrogens is 479 g/mol. The van der Waals surface area contributed by atoms with Gasteiger partial charge in [-0.2, -0.15) is 4.99 Å². The molecule has 1 aromatic heterocycles. The maximum atomic E-state index is 15.1. The number of phenols is 1. The Morgan fingerprint density at radius 3 is 2.43 bits per heavy atom. The lowest BCUT2D eigenvalue weighted by molar-refractivity contribution is -0.113. The van der Waals surface area contributed by atoms with Crippen molar-refractivity contribution in [2.75, 3.05) is 13.1 Å². The largest absolute Gasteiger partial charge is 0.505 e. The summed E-state index contributed by atoms with van der Waals surface area (Å²) in [6, 6.07) is 7.51. The Labute approximate surface area is 213 Å². The summed E-state index contributed by atoms with van der Waals surface area (Å²) in [4.78, 5) is 21.5. The molecule has 0 unspecified atom stereocenters. The minimum absolute atomic E-state index is 0.0754. The lowest BCUT2D eigenvalue weighted by Crippen LogP contribution is -2.48. The summed E-state index contributed by atoms with van der Waals surface area (Å²) >= 11 is 3.01. The van der Waals surface area contributed by atoms with E-state index >= 15 is 4.39 Å². The number of benzene rings is 1. The van der Waals surface area contributed by atoms with Crippen molar-refractivity contribution in [2.45, 2.75) is 56.8 Å². The zero-order chi connectivity index (χ0) is 23.7. The molecule has 35 heavy (non-hydrogen) atoms. The molecule has 3 heterocycles. The number of phenolic OH excluding ortho intramolecular Hbond substituents is 1. The van der Waals surface area contributed by atoms with Gasteiger partial charge < -0.3 is 10.0 Å². The quantitative estimate of drug-likeness (QED) is 0.464. The van der Waals surface area contributed by atoms with E-state index in [2.05, 4.69) is 16.0 Å². The molecular formula is C28H29FN2O2S2. The van der Waals surface area contributed by atoms with E-state index in [-0.39, 0.29) is 17.1 Å². The lowest BCUT2D eigenvalue weighted by Gasteiger charge is -2.57. The van der Waals surface area contributed by atoms with E-state index in [1.54, 1.807) is 11.3 Å². The average molecular weight is 509 g/mol. The number of carbonyl (C=O) groups excluding carboxylic acids is 1. The first-order chi connectivity index (χ1) is 17.0. The van der Waals surface area contributed by atoms with Gasteiger partial charge in [0.15, 0.2) is 16.7 Å². The Morgan fingerprint density at radius 1 is 1.06 bits per heavy atom. The van der Waals surface area contributed by atoms with Gasteiger partial charge in [-0.15, -0.1) is 11.3 Å². The van der Waals surface area contributed by atoms with Crippen molar-refractivity contribution in [3.8, 4) is 16.2 Å². The maximum Gasteiger partial charge on any atom is 0.286 e. The summed E-state index contributed by atoms with van der Waals surface area (Å²) in [6.45, 7) is 1.93. The van der Waals surface area contributed by atoms with Crippen LogP contribution in [0.4, 0.5) is 4.39 Å². The van der Waals surface area contributed by atoms with Crippen molar-refractivity contribution < 1.29 is 14.3 Å². The Bertz CT molecular complexity index is 1240. The SMILES string of the molecule is O=C1N=C(N2CCCC2)SC1=Cc1ccc(-c2cc(F)c(O)c(C34CC5CC(CC(C5)C3)C4)c2)s1. The van der Waals surface area contributed by atoms with Crippen LogP contribution in [-0.2, 0) is 10.2 Å². The normalized spacial score (nSPS) is 32.8. The van der Waals surface area contributed by atoms with Crippen LogP contribution in [0.1, 0.15) is 61.8 Å². The Balaban J connectivity index is 1.18. The third-order valence-electron chi connectivity index (χ3n) is 8.84. The van der Waals surface area contributed by atoms with Crippen LogP contribution in [0.15, 0.2) is 34.2 Å². The number of amides is 1. The number of amidine groups is 1. The highest BCUT2D eigenvalue weighted by atomic mass is 32.2. The van der Waals surface area contributed by atoms with Crippen LogP contribution in [-0.4, -0.2) is 34.2 Å². The second-order valence-electron chi connectivity index (χ2n) is 11.3. The van der Waals surface area contributed by atoms with E-state index in [0.717, 1.165) is 89.0 Å². The van der Waals surface area contributed by atoms with Crippen molar-refractivity contribution in [1.29, 1.82) is 0 Å². The number of hydrogen-bond acceptors (Lipinski definition) is 5. The van der Waals surface area contributed by atoms with Crippen molar-refractivity contribution in [2.24, 2.45) is 22.7 Å². The number of halogens is 1. The number of hydrogen-bond donors (Lipinski definition) is 1. The number of rotatable bonds is 3. The highest BCUT2D eigenvalue weighted by Crippen LogP contribution is 2.62. The molecule has 0 radical (unpaired) electrons. The van der Waals surface area contributed by atoms with E-state index in [1.807, 2.05) is 18.2 Å². The first-order valence-corrected chi connectivity index (χ1v) is 14.5. The average Bonchev–Trinajstić information content (AvgIpc) is 3.57. The van der Waals surface area contributed by atoms with Crippen molar-refractivity contribution in [1.82, 2.24) is 4.90 Å². The van der Waals surface area contributed by atoms with E-state index in [0.29, 0.717) is 4.91 Å². The summed E-state index contributed by atoms with van der Waals surface area (Å²) < 4.78 is 15.1. The fourth-order valence-electron chi connectivity index (χ4n) is 7.74. The Kier molecular flexibility index (Phi) is 5.18. The zero-order valence-corrected chi connectivity index (χ0v) is 21.3. The molecule has 4 bridgehead atoms. The molecule has 4 saturated carbocycles. The molecule has 4 nitrogen and oxygen atoms in total. The molecule has 7 heteroatoms. The van der Waals surface area contributed by atoms with E-state index in [1.165, 1.54) is 37.1 Å². The summed E-state index contributed by atoms with van der Waals surface area (Å²) in [7, 11) is 0. The third-order valence-corrected chi connectivity index (χ3v) is 11.0. The molecule has 8 rings (SSSR count). The predicted molar refractivity (Wildman–Crippen MR) is 140 cm³/mol. The van der Waals surface area contributed by atoms with E-state index in [4.69, 9.17) is 0 Å². The van der Waals surface area contributed by atoms with Gasteiger partial charge in [0.1, 0.15) is 0 Å². The van der Waals surface area contributed by atoms with Crippen LogP contribution < -0.4 is 0 Å². The number of aliphatic imine (C=N–C) groups is 1. The second kappa shape index (κ2) is 8.20. The van der Waals surface area contributed by atoms with Gasteiger partial charge in [0.25, 0.3) is 5.91 Å². The van der Waals surface area contributed by atoms with Gasteiger partial charge in [-0.25, -0.2) is 4.39 Å². The van der Waals surface area contributed by atoms with Crippen molar-refractivity contribution in [3.05, 3.63) is 45.4 Å². The van der Waals surface area contributed by atoms with Crippen LogP contribution in [0, 0.1) is 23.6 Å². The van der Waals surface area contributed by atoms with Gasteiger partial charge >= 0.3 is 0 Å². The third kappa shape index (κ3) is 3.77. The summed E-state index contributed by atoms with van der Waals surface area (Å²) in [5.74, 6) is 1.33. The number of thiophene rings is 1. The maximum absolute atomic E-state index is 15.1. The summed E-state index contributed by atoms with van der Waals surface area (Å²) in [5, 5.41) is 11.6. The topological polar surface area (TPSA) is 52.9 Å². The zero-order valence-electron chi connectivity index (χ0n) is 19.6. The molecule has 1 amide bonds. The molecule has 182 valence electrons. The van der Waals surface area contributed by atoms with Crippen LogP contribution in [0.5, 0.6) is 5.75 Å². The molecule has 1 N–H and O–H groups in total. The smallest absolute Gasteiger partial charge is 0.286 e. The fraction of sp³-hybridized carbons (Fsp3) is 0.500.